The number of methoxy groups -OCH3 is 1. The average molecular weight is 174 g/mol. The second kappa shape index (κ2) is 11.0. The van der Waals surface area contributed by atoms with Gasteiger partial charge in [-0.2, -0.15) is 0 Å². The van der Waals surface area contributed by atoms with Crippen molar-refractivity contribution in [3.63, 3.8) is 0 Å². The summed E-state index contributed by atoms with van der Waals surface area (Å²) < 4.78 is 5.15. The lowest BCUT2D eigenvalue weighted by Gasteiger charge is -2.12. The fraction of sp³-hybridized carbons (Fsp3) is 1.00. The zero-order chi connectivity index (χ0) is 9.98. The lowest BCUT2D eigenvalue weighted by molar-refractivity contribution is 0.105. The molecule has 0 radical (unpaired) electrons. The summed E-state index contributed by atoms with van der Waals surface area (Å²) in [5, 5.41) is 0. The van der Waals surface area contributed by atoms with Crippen LogP contribution < -0.4 is 0 Å². The van der Waals surface area contributed by atoms with Crippen molar-refractivity contribution in [3.05, 3.63) is 0 Å². The van der Waals surface area contributed by atoms with Crippen LogP contribution in [0.15, 0.2) is 0 Å². The Morgan fingerprint density at radius 1 is 1.08 bits per heavy atom. The Kier molecular flexibility index (Phi) is 13.2. The van der Waals surface area contributed by atoms with Gasteiger partial charge in [0, 0.05) is 7.11 Å². The molecule has 2 atom stereocenters. The maximum atomic E-state index is 5.15. The summed E-state index contributed by atoms with van der Waals surface area (Å²) in [5.74, 6) is 0.859. The van der Waals surface area contributed by atoms with Crippen molar-refractivity contribution in [3.8, 4) is 0 Å². The minimum absolute atomic E-state index is 0.439. The molecule has 0 aliphatic carbocycles. The summed E-state index contributed by atoms with van der Waals surface area (Å²) in [4.78, 5) is 0. The largest absolute Gasteiger partial charge is 0.382 e. The van der Waals surface area contributed by atoms with Crippen molar-refractivity contribution in [2.45, 2.75) is 60.0 Å². The molecule has 1 nitrogen and oxygen atoms in total. The third-order valence-electron chi connectivity index (χ3n) is 2.17. The summed E-state index contributed by atoms with van der Waals surface area (Å²) in [6.07, 6.45) is 4.22. The Morgan fingerprint density at radius 3 is 1.92 bits per heavy atom. The van der Waals surface area contributed by atoms with Gasteiger partial charge in [-0.25, -0.2) is 0 Å². The van der Waals surface area contributed by atoms with Crippen molar-refractivity contribution < 1.29 is 4.74 Å². The van der Waals surface area contributed by atoms with Gasteiger partial charge in [0.05, 0.1) is 6.10 Å². The first-order valence-electron chi connectivity index (χ1n) is 5.23. The molecule has 0 amide bonds. The van der Waals surface area contributed by atoms with E-state index in [9.17, 15) is 0 Å². The highest BCUT2D eigenvalue weighted by Gasteiger charge is 2.02. The van der Waals surface area contributed by atoms with E-state index in [-0.39, 0.29) is 0 Å². The van der Waals surface area contributed by atoms with Crippen molar-refractivity contribution in [2.24, 2.45) is 5.92 Å². The third kappa shape index (κ3) is 9.96. The van der Waals surface area contributed by atoms with Gasteiger partial charge >= 0.3 is 0 Å². The van der Waals surface area contributed by atoms with E-state index in [0.717, 1.165) is 5.92 Å². The second-order valence-corrected chi connectivity index (χ2v) is 3.14. The van der Waals surface area contributed by atoms with Crippen LogP contribution in [0, 0.1) is 5.92 Å². The molecule has 0 N–H and O–H groups in total. The number of hydrogen-bond acceptors (Lipinski definition) is 1. The van der Waals surface area contributed by atoms with E-state index in [4.69, 9.17) is 4.74 Å². The molecule has 0 heterocycles. The van der Waals surface area contributed by atoms with Crippen molar-refractivity contribution >= 4 is 0 Å². The first-order chi connectivity index (χ1) is 5.70. The summed E-state index contributed by atoms with van der Waals surface area (Å²) >= 11 is 0. The Labute approximate surface area is 78.5 Å². The van der Waals surface area contributed by atoms with Gasteiger partial charge in [-0.05, 0) is 25.7 Å². The van der Waals surface area contributed by atoms with E-state index in [1.54, 1.807) is 7.11 Å². The molecule has 0 saturated heterocycles. The molecule has 0 bridgehead atoms. The first kappa shape index (κ1) is 14.5. The molecule has 0 saturated carbocycles. The van der Waals surface area contributed by atoms with E-state index >= 15 is 0 Å². The lowest BCUT2D eigenvalue weighted by atomic mass is 10.0. The fourth-order valence-electron chi connectivity index (χ4n) is 0.841. The van der Waals surface area contributed by atoms with Crippen LogP contribution in [-0.2, 0) is 4.74 Å². The predicted molar refractivity (Wildman–Crippen MR) is 56.5 cm³/mol. The summed E-state index contributed by atoms with van der Waals surface area (Å²) in [6, 6.07) is 0. The van der Waals surface area contributed by atoms with E-state index in [0.29, 0.717) is 6.10 Å². The summed E-state index contributed by atoms with van der Waals surface area (Å²) in [5.41, 5.74) is 0. The fourth-order valence-corrected chi connectivity index (χ4v) is 0.841. The molecule has 76 valence electrons. The van der Waals surface area contributed by atoms with Gasteiger partial charge < -0.3 is 4.74 Å². The molecular formula is C11H26O. The molecule has 2 unspecified atom stereocenters. The zero-order valence-corrected chi connectivity index (χ0v) is 9.68. The molecule has 0 fully saturated rings. The van der Waals surface area contributed by atoms with Crippen LogP contribution in [0.4, 0.5) is 0 Å². The second-order valence-electron chi connectivity index (χ2n) is 3.14. The van der Waals surface area contributed by atoms with Gasteiger partial charge in [-0.3, -0.25) is 0 Å². The van der Waals surface area contributed by atoms with Crippen LogP contribution in [0.1, 0.15) is 53.9 Å². The molecule has 1 heteroatoms. The highest BCUT2D eigenvalue weighted by atomic mass is 16.5. The quantitative estimate of drug-likeness (QED) is 0.614. The maximum absolute atomic E-state index is 5.15. The Balaban J connectivity index is 0. The van der Waals surface area contributed by atoms with Crippen LogP contribution in [0.5, 0.6) is 0 Å². The molecule has 0 aromatic carbocycles. The molecule has 0 spiro atoms. The number of rotatable bonds is 5. The van der Waals surface area contributed by atoms with Crippen molar-refractivity contribution in [1.29, 1.82) is 0 Å². The number of hydrogen-bond donors (Lipinski definition) is 0. The van der Waals surface area contributed by atoms with Crippen molar-refractivity contribution in [1.82, 2.24) is 0 Å². The smallest absolute Gasteiger partial charge is 0.0543 e. The van der Waals surface area contributed by atoms with E-state index in [1.807, 2.05) is 13.8 Å². The van der Waals surface area contributed by atoms with Crippen LogP contribution in [0.3, 0.4) is 0 Å². The monoisotopic (exact) mass is 174 g/mol. The summed E-state index contributed by atoms with van der Waals surface area (Å²) in [7, 11) is 1.78. The van der Waals surface area contributed by atoms with E-state index < -0.39 is 0 Å². The molecule has 0 rings (SSSR count). The van der Waals surface area contributed by atoms with Gasteiger partial charge in [0.1, 0.15) is 0 Å². The Bertz CT molecular complexity index is 61.4. The molecular weight excluding hydrogens is 148 g/mol. The predicted octanol–water partition coefficient (Wildman–Crippen LogP) is 3.87. The average Bonchev–Trinajstić information content (AvgIpc) is 2.16. The van der Waals surface area contributed by atoms with E-state index in [1.165, 1.54) is 19.3 Å². The van der Waals surface area contributed by atoms with Gasteiger partial charge in [0.15, 0.2) is 0 Å². The highest BCUT2D eigenvalue weighted by Crippen LogP contribution is 2.11. The van der Waals surface area contributed by atoms with Crippen LogP contribution >= 0.6 is 0 Å². The van der Waals surface area contributed by atoms with E-state index in [2.05, 4.69) is 20.8 Å². The van der Waals surface area contributed by atoms with Gasteiger partial charge in [-0.15, -0.1) is 0 Å². The maximum Gasteiger partial charge on any atom is 0.0543 e. The standard InChI is InChI=1S/C9H20O.C2H6/c1-5-8(2)6-7-9(3)10-4;1-2/h8-9H,5-7H2,1-4H3;1-2H3. The third-order valence-corrected chi connectivity index (χ3v) is 2.17. The van der Waals surface area contributed by atoms with Gasteiger partial charge in [0.25, 0.3) is 0 Å². The molecule has 0 aliphatic rings. The van der Waals surface area contributed by atoms with Crippen LogP contribution in [0.25, 0.3) is 0 Å². The number of ether oxygens (including phenoxy) is 1. The molecule has 0 aliphatic heterocycles. The molecule has 0 aromatic rings. The molecule has 12 heavy (non-hydrogen) atoms. The molecule has 0 aromatic heterocycles. The van der Waals surface area contributed by atoms with Gasteiger partial charge in [-0.1, -0.05) is 34.1 Å². The highest BCUT2D eigenvalue weighted by molar-refractivity contribution is 4.54. The minimum atomic E-state index is 0.439. The van der Waals surface area contributed by atoms with Crippen LogP contribution in [-0.4, -0.2) is 13.2 Å². The topological polar surface area (TPSA) is 9.23 Å². The van der Waals surface area contributed by atoms with Gasteiger partial charge in [0.2, 0.25) is 0 Å². The Hall–Kier alpha value is -0.0400. The SMILES string of the molecule is CC.CCC(C)CCC(C)OC. The normalized spacial score (nSPS) is 14.5. The summed E-state index contributed by atoms with van der Waals surface area (Å²) in [6.45, 7) is 10.7. The first-order valence-corrected chi connectivity index (χ1v) is 5.23. The zero-order valence-electron chi connectivity index (χ0n) is 9.68. The minimum Gasteiger partial charge on any atom is -0.382 e. The van der Waals surface area contributed by atoms with Crippen molar-refractivity contribution in [2.75, 3.05) is 7.11 Å². The Morgan fingerprint density at radius 2 is 1.58 bits per heavy atom. The van der Waals surface area contributed by atoms with Crippen LogP contribution in [0.2, 0.25) is 0 Å². The lowest BCUT2D eigenvalue weighted by Crippen LogP contribution is -2.06.